The van der Waals surface area contributed by atoms with E-state index in [1.165, 1.54) is 7.11 Å². The minimum Gasteiger partial charge on any atom is -0.469 e. The second kappa shape index (κ2) is 7.27. The van der Waals surface area contributed by atoms with E-state index >= 15 is 0 Å². The van der Waals surface area contributed by atoms with Gasteiger partial charge in [-0.15, -0.1) is 0 Å². The Balaban J connectivity index is 2.16. The smallest absolute Gasteiger partial charge is 0.452 e. The van der Waals surface area contributed by atoms with E-state index in [1.807, 2.05) is 0 Å². The molecular formula is C10H14F3N3O2S. The molecule has 1 heterocycles. The van der Waals surface area contributed by atoms with Gasteiger partial charge >= 0.3 is 12.1 Å². The molecule has 1 aromatic heterocycles. The maximum atomic E-state index is 12.2. The van der Waals surface area contributed by atoms with Gasteiger partial charge in [-0.1, -0.05) is 6.42 Å². The number of rotatable bonds is 7. The van der Waals surface area contributed by atoms with Crippen molar-refractivity contribution in [2.24, 2.45) is 0 Å². The molecule has 0 aromatic carbocycles. The van der Waals surface area contributed by atoms with E-state index in [-0.39, 0.29) is 11.1 Å². The fourth-order valence-corrected chi connectivity index (χ4v) is 1.89. The average Bonchev–Trinajstić information content (AvgIpc) is 2.81. The van der Waals surface area contributed by atoms with Crippen molar-refractivity contribution in [1.29, 1.82) is 0 Å². The predicted molar refractivity (Wildman–Crippen MR) is 63.9 cm³/mol. The molecule has 0 aliphatic heterocycles. The number of hydrogen-bond acceptors (Lipinski definition) is 6. The van der Waals surface area contributed by atoms with Gasteiger partial charge in [-0.3, -0.25) is 4.79 Å². The van der Waals surface area contributed by atoms with Crippen LogP contribution in [-0.4, -0.2) is 29.0 Å². The standard InChI is InChI=1S/C10H14F3N3O2S/c1-18-7(17)5-3-2-4-6-14-9-15-8(16-19-9)10(11,12)13/h2-6H2,1H3,(H,14,15,16). The number of esters is 1. The summed E-state index contributed by atoms with van der Waals surface area (Å²) in [5.74, 6) is -1.38. The zero-order valence-corrected chi connectivity index (χ0v) is 11.1. The molecular weight excluding hydrogens is 283 g/mol. The van der Waals surface area contributed by atoms with Crippen molar-refractivity contribution in [3.05, 3.63) is 5.82 Å². The Bertz CT molecular complexity index is 409. The summed E-state index contributed by atoms with van der Waals surface area (Å²) in [7, 11) is 1.33. The van der Waals surface area contributed by atoms with E-state index < -0.39 is 12.0 Å². The van der Waals surface area contributed by atoms with Crippen LogP contribution in [0.1, 0.15) is 31.5 Å². The highest BCUT2D eigenvalue weighted by atomic mass is 32.1. The third-order valence-electron chi connectivity index (χ3n) is 2.24. The molecule has 0 saturated carbocycles. The SMILES string of the molecule is COC(=O)CCCCCNc1nc(C(F)(F)F)ns1. The van der Waals surface area contributed by atoms with Crippen LogP contribution in [0.15, 0.2) is 0 Å². The normalized spacial score (nSPS) is 11.4. The van der Waals surface area contributed by atoms with Crippen molar-refractivity contribution in [1.82, 2.24) is 9.36 Å². The maximum Gasteiger partial charge on any atom is 0.452 e. The number of unbranched alkanes of at least 4 members (excludes halogenated alkanes) is 2. The fraction of sp³-hybridized carbons (Fsp3) is 0.700. The van der Waals surface area contributed by atoms with Crippen LogP contribution in [-0.2, 0) is 15.7 Å². The van der Waals surface area contributed by atoms with Gasteiger partial charge in [0.25, 0.3) is 0 Å². The lowest BCUT2D eigenvalue weighted by molar-refractivity contribution is -0.144. The lowest BCUT2D eigenvalue weighted by Crippen LogP contribution is -2.08. The zero-order chi connectivity index (χ0) is 14.3. The quantitative estimate of drug-likeness (QED) is 0.619. The van der Waals surface area contributed by atoms with Crippen molar-refractivity contribution in [3.8, 4) is 0 Å². The summed E-state index contributed by atoms with van der Waals surface area (Å²) in [6.45, 7) is 0.494. The van der Waals surface area contributed by atoms with Gasteiger partial charge in [-0.05, 0) is 12.8 Å². The van der Waals surface area contributed by atoms with Crippen molar-refractivity contribution in [3.63, 3.8) is 0 Å². The molecule has 0 radical (unpaired) electrons. The van der Waals surface area contributed by atoms with Crippen LogP contribution in [0.5, 0.6) is 0 Å². The summed E-state index contributed by atoms with van der Waals surface area (Å²) < 4.78 is 44.3. The molecule has 0 bridgehead atoms. The topological polar surface area (TPSA) is 64.1 Å². The van der Waals surface area contributed by atoms with E-state index in [0.717, 1.165) is 12.8 Å². The Hall–Kier alpha value is -1.38. The van der Waals surface area contributed by atoms with Crippen LogP contribution in [0.25, 0.3) is 0 Å². The number of alkyl halides is 3. The van der Waals surface area contributed by atoms with Crippen molar-refractivity contribution < 1.29 is 22.7 Å². The Morgan fingerprint density at radius 3 is 2.68 bits per heavy atom. The molecule has 5 nitrogen and oxygen atoms in total. The average molecular weight is 297 g/mol. The van der Waals surface area contributed by atoms with E-state index in [9.17, 15) is 18.0 Å². The number of halogens is 3. The van der Waals surface area contributed by atoms with Crippen LogP contribution < -0.4 is 5.32 Å². The van der Waals surface area contributed by atoms with Crippen molar-refractivity contribution >= 4 is 22.6 Å². The lowest BCUT2D eigenvalue weighted by atomic mass is 10.2. The first-order valence-corrected chi connectivity index (χ1v) is 6.42. The van der Waals surface area contributed by atoms with Gasteiger partial charge in [-0.25, -0.2) is 0 Å². The zero-order valence-electron chi connectivity index (χ0n) is 10.3. The van der Waals surface area contributed by atoms with Gasteiger partial charge < -0.3 is 10.1 Å². The minimum atomic E-state index is -4.50. The van der Waals surface area contributed by atoms with Gasteiger partial charge in [0.1, 0.15) is 0 Å². The van der Waals surface area contributed by atoms with Crippen LogP contribution >= 0.6 is 11.5 Å². The van der Waals surface area contributed by atoms with Gasteiger partial charge in [0.05, 0.1) is 7.11 Å². The molecule has 19 heavy (non-hydrogen) atoms. The highest BCUT2D eigenvalue weighted by molar-refractivity contribution is 7.09. The number of nitrogens with one attached hydrogen (secondary N) is 1. The first-order valence-electron chi connectivity index (χ1n) is 5.65. The summed E-state index contributed by atoms with van der Waals surface area (Å²) in [5, 5.41) is 2.92. The second-order valence-electron chi connectivity index (χ2n) is 3.73. The number of hydrogen-bond donors (Lipinski definition) is 1. The number of anilines is 1. The first kappa shape index (κ1) is 15.7. The van der Waals surface area contributed by atoms with Crippen molar-refractivity contribution in [2.75, 3.05) is 19.0 Å². The number of carbonyl (C=O) groups excluding carboxylic acids is 1. The molecule has 9 heteroatoms. The fourth-order valence-electron chi connectivity index (χ4n) is 1.28. The van der Waals surface area contributed by atoms with E-state index in [0.29, 0.717) is 30.9 Å². The summed E-state index contributed by atoms with van der Waals surface area (Å²) in [6.07, 6.45) is -1.94. The molecule has 0 saturated heterocycles. The Morgan fingerprint density at radius 1 is 1.37 bits per heavy atom. The van der Waals surface area contributed by atoms with Gasteiger partial charge in [0, 0.05) is 24.5 Å². The molecule has 0 unspecified atom stereocenters. The summed E-state index contributed by atoms with van der Waals surface area (Å²) in [6, 6.07) is 0. The molecule has 1 rings (SSSR count). The number of carbonyl (C=O) groups is 1. The number of nitrogens with zero attached hydrogens (tertiary/aromatic N) is 2. The molecule has 0 amide bonds. The summed E-state index contributed by atoms with van der Waals surface area (Å²) in [5.41, 5.74) is 0. The molecule has 0 fully saturated rings. The lowest BCUT2D eigenvalue weighted by Gasteiger charge is -2.02. The van der Waals surface area contributed by atoms with Crippen molar-refractivity contribution in [2.45, 2.75) is 31.9 Å². The van der Waals surface area contributed by atoms with E-state index in [1.54, 1.807) is 0 Å². The molecule has 1 N–H and O–H groups in total. The molecule has 0 atom stereocenters. The second-order valence-corrected chi connectivity index (χ2v) is 4.49. The van der Waals surface area contributed by atoms with E-state index in [2.05, 4.69) is 19.4 Å². The summed E-state index contributed by atoms with van der Waals surface area (Å²) in [4.78, 5) is 14.1. The van der Waals surface area contributed by atoms with Gasteiger partial charge in [0.2, 0.25) is 11.0 Å². The first-order chi connectivity index (χ1) is 8.93. The maximum absolute atomic E-state index is 12.2. The molecule has 0 spiro atoms. The van der Waals surface area contributed by atoms with Gasteiger partial charge in [-0.2, -0.15) is 22.5 Å². The van der Waals surface area contributed by atoms with E-state index in [4.69, 9.17) is 0 Å². The number of methoxy groups -OCH3 is 1. The Kier molecular flexibility index (Phi) is 6.00. The highest BCUT2D eigenvalue weighted by Gasteiger charge is 2.36. The minimum absolute atomic E-state index is 0.153. The van der Waals surface area contributed by atoms with Crippen LogP contribution in [0.2, 0.25) is 0 Å². The molecule has 0 aliphatic carbocycles. The number of aromatic nitrogens is 2. The van der Waals surface area contributed by atoms with Crippen LogP contribution in [0.3, 0.4) is 0 Å². The predicted octanol–water partition coefficient (Wildman–Crippen LogP) is 2.70. The Labute approximate surface area is 112 Å². The summed E-state index contributed by atoms with van der Waals surface area (Å²) >= 11 is 0.682. The molecule has 108 valence electrons. The molecule has 0 aliphatic rings. The van der Waals surface area contributed by atoms with Crippen LogP contribution in [0.4, 0.5) is 18.3 Å². The monoisotopic (exact) mass is 297 g/mol. The third-order valence-corrected chi connectivity index (χ3v) is 2.91. The third kappa shape index (κ3) is 5.86. The molecule has 1 aromatic rings. The Morgan fingerprint density at radius 2 is 2.11 bits per heavy atom. The largest absolute Gasteiger partial charge is 0.469 e. The number of ether oxygens (including phenoxy) is 1. The van der Waals surface area contributed by atoms with Crippen LogP contribution in [0, 0.1) is 0 Å². The highest BCUT2D eigenvalue weighted by Crippen LogP contribution is 2.28. The van der Waals surface area contributed by atoms with Gasteiger partial charge in [0.15, 0.2) is 0 Å².